The number of benzene rings is 2. The van der Waals surface area contributed by atoms with Crippen LogP contribution >= 0.6 is 11.6 Å². The second kappa shape index (κ2) is 10.4. The van der Waals surface area contributed by atoms with Gasteiger partial charge in [-0.25, -0.2) is 9.18 Å². The number of rotatable bonds is 6. The maximum absolute atomic E-state index is 14.3. The van der Waals surface area contributed by atoms with E-state index in [0.29, 0.717) is 11.3 Å². The van der Waals surface area contributed by atoms with Crippen LogP contribution in [0.15, 0.2) is 47.3 Å². The number of halogens is 5. The second-order valence-electron chi connectivity index (χ2n) is 6.47. The van der Waals surface area contributed by atoms with E-state index in [9.17, 15) is 22.4 Å². The molecular weight excluding hydrogens is 452 g/mol. The third kappa shape index (κ3) is 6.13. The van der Waals surface area contributed by atoms with E-state index in [0.717, 1.165) is 12.1 Å². The van der Waals surface area contributed by atoms with E-state index in [4.69, 9.17) is 16.3 Å². The number of nitrogens with zero attached hydrogens (tertiary/aromatic N) is 2. The third-order valence-corrected chi connectivity index (χ3v) is 4.51. The summed E-state index contributed by atoms with van der Waals surface area (Å²) in [5, 5.41) is 9.67. The van der Waals surface area contributed by atoms with E-state index >= 15 is 0 Å². The van der Waals surface area contributed by atoms with Crippen molar-refractivity contribution in [3.63, 3.8) is 0 Å². The largest absolute Gasteiger partial charge is 0.496 e. The first kappa shape index (κ1) is 25.0. The fraction of sp³-hybridized carbons (Fsp3) is 0.238. The van der Waals surface area contributed by atoms with Crippen molar-refractivity contribution in [1.29, 1.82) is 0 Å². The lowest BCUT2D eigenvalue weighted by Crippen LogP contribution is -2.20. The number of hydrogen-bond donors (Lipinski definition) is 2. The fourth-order valence-corrected chi connectivity index (χ4v) is 3.12. The first-order valence-electron chi connectivity index (χ1n) is 9.19. The minimum Gasteiger partial charge on any atom is -0.496 e. The summed E-state index contributed by atoms with van der Waals surface area (Å²) in [4.78, 5) is 12.3. The monoisotopic (exact) mass is 472 g/mol. The molecule has 11 heteroatoms. The van der Waals surface area contributed by atoms with Gasteiger partial charge in [0.2, 0.25) is 0 Å². The number of ether oxygens (including phenoxy) is 1. The van der Waals surface area contributed by atoms with Crippen LogP contribution in [0.1, 0.15) is 25.0 Å². The van der Waals surface area contributed by atoms with Crippen LogP contribution < -0.4 is 15.4 Å². The number of amides is 2. The van der Waals surface area contributed by atoms with E-state index in [2.05, 4.69) is 15.7 Å². The summed E-state index contributed by atoms with van der Waals surface area (Å²) in [6.07, 6.45) is -3.19. The Labute approximate surface area is 187 Å². The number of carbonyl (C=O) groups excluding carboxylic acids is 1. The molecule has 2 amide bonds. The highest BCUT2D eigenvalue weighted by Gasteiger charge is 2.33. The summed E-state index contributed by atoms with van der Waals surface area (Å²) in [5.41, 5.74) is -0.515. The molecular formula is C21H21ClF4N4O2. The van der Waals surface area contributed by atoms with E-state index in [-0.39, 0.29) is 17.1 Å². The summed E-state index contributed by atoms with van der Waals surface area (Å²) in [5.74, 6) is -0.215. The van der Waals surface area contributed by atoms with Crippen molar-refractivity contribution in [2.75, 3.05) is 24.8 Å². The highest BCUT2D eigenvalue weighted by molar-refractivity contribution is 6.31. The number of hydrogen-bond acceptors (Lipinski definition) is 4. The lowest BCUT2D eigenvalue weighted by atomic mass is 10.1. The first-order valence-corrected chi connectivity index (χ1v) is 9.57. The molecule has 2 aromatic rings. The molecule has 0 aliphatic rings. The van der Waals surface area contributed by atoms with E-state index in [1.807, 2.05) is 0 Å². The number of methoxy groups -OCH3 is 1. The Balaban J connectivity index is 2.32. The van der Waals surface area contributed by atoms with Crippen molar-refractivity contribution in [2.24, 2.45) is 5.10 Å². The normalized spacial score (nSPS) is 12.4. The van der Waals surface area contributed by atoms with Crippen molar-refractivity contribution < 1.29 is 27.1 Å². The van der Waals surface area contributed by atoms with E-state index in [1.54, 1.807) is 14.0 Å². The standard InChI is InChI=1S/C21H21ClF4N4O2/c1-5-27-30(3)19(12(2)23)15-10-13(7-9-18(15)32-4)28-20(31)29-14-6-8-17(22)16(11-14)21(24,25)26/h5-11H,1-4H3,(H2,28,29,31)/b19-12+,27-5-. The van der Waals surface area contributed by atoms with Crippen molar-refractivity contribution in [3.8, 4) is 5.75 Å². The molecule has 0 fully saturated rings. The molecule has 0 bridgehead atoms. The van der Waals surface area contributed by atoms with E-state index < -0.39 is 28.6 Å². The number of anilines is 2. The molecule has 0 atom stereocenters. The molecule has 172 valence electrons. The van der Waals surface area contributed by atoms with Gasteiger partial charge in [-0.1, -0.05) is 11.6 Å². The number of alkyl halides is 3. The summed E-state index contributed by atoms with van der Waals surface area (Å²) >= 11 is 5.59. The van der Waals surface area contributed by atoms with Crippen molar-refractivity contribution in [1.82, 2.24) is 5.01 Å². The van der Waals surface area contributed by atoms with Crippen molar-refractivity contribution >= 4 is 40.9 Å². The van der Waals surface area contributed by atoms with Gasteiger partial charge in [0.15, 0.2) is 0 Å². The Morgan fingerprint density at radius 1 is 1.16 bits per heavy atom. The van der Waals surface area contributed by atoms with Crippen LogP contribution in [0.2, 0.25) is 5.02 Å². The fourth-order valence-electron chi connectivity index (χ4n) is 2.90. The third-order valence-electron chi connectivity index (χ3n) is 4.18. The van der Waals surface area contributed by atoms with Gasteiger partial charge in [-0.3, -0.25) is 5.01 Å². The average Bonchev–Trinajstić information content (AvgIpc) is 2.69. The molecule has 0 aliphatic carbocycles. The van der Waals surface area contributed by atoms with Crippen LogP contribution in [0, 0.1) is 0 Å². The molecule has 32 heavy (non-hydrogen) atoms. The zero-order valence-electron chi connectivity index (χ0n) is 17.6. The van der Waals surface area contributed by atoms with Gasteiger partial charge in [0.05, 0.1) is 17.7 Å². The van der Waals surface area contributed by atoms with Gasteiger partial charge in [-0.15, -0.1) is 0 Å². The molecule has 0 spiro atoms. The Morgan fingerprint density at radius 2 is 1.75 bits per heavy atom. The van der Waals surface area contributed by atoms with Crippen LogP contribution in [-0.2, 0) is 6.18 Å². The Morgan fingerprint density at radius 3 is 2.28 bits per heavy atom. The molecule has 2 N–H and O–H groups in total. The first-order chi connectivity index (χ1) is 15.0. The minimum atomic E-state index is -4.67. The molecule has 6 nitrogen and oxygen atoms in total. The predicted molar refractivity (Wildman–Crippen MR) is 118 cm³/mol. The van der Waals surface area contributed by atoms with Gasteiger partial charge in [0.25, 0.3) is 0 Å². The van der Waals surface area contributed by atoms with Crippen LogP contribution in [0.3, 0.4) is 0 Å². The molecule has 0 aliphatic heterocycles. The molecule has 0 heterocycles. The number of allylic oxidation sites excluding steroid dienone is 1. The van der Waals surface area contributed by atoms with Crippen molar-refractivity contribution in [3.05, 3.63) is 58.4 Å². The minimum absolute atomic E-state index is 0.106. The predicted octanol–water partition coefficient (Wildman–Crippen LogP) is 6.61. The molecule has 0 unspecified atom stereocenters. The smallest absolute Gasteiger partial charge is 0.417 e. The molecule has 2 aromatic carbocycles. The molecule has 0 aromatic heterocycles. The van der Waals surface area contributed by atoms with Gasteiger partial charge in [-0.2, -0.15) is 18.3 Å². The lowest BCUT2D eigenvalue weighted by molar-refractivity contribution is -0.137. The average molecular weight is 473 g/mol. The summed E-state index contributed by atoms with van der Waals surface area (Å²) in [6.45, 7) is 2.92. The second-order valence-corrected chi connectivity index (χ2v) is 6.87. The number of urea groups is 1. The molecule has 0 saturated heterocycles. The van der Waals surface area contributed by atoms with Gasteiger partial charge >= 0.3 is 12.2 Å². The van der Waals surface area contributed by atoms with Gasteiger partial charge in [0, 0.05) is 30.2 Å². The summed E-state index contributed by atoms with van der Waals surface area (Å²) in [7, 11) is 2.95. The van der Waals surface area contributed by atoms with Crippen LogP contribution in [0.4, 0.5) is 33.7 Å². The van der Waals surface area contributed by atoms with E-state index in [1.165, 1.54) is 49.5 Å². The quantitative estimate of drug-likeness (QED) is 0.282. The van der Waals surface area contributed by atoms with Crippen LogP contribution in [-0.4, -0.2) is 31.4 Å². The Kier molecular flexibility index (Phi) is 8.09. The zero-order chi connectivity index (χ0) is 24.1. The Hall–Kier alpha value is -3.27. The maximum Gasteiger partial charge on any atom is 0.417 e. The van der Waals surface area contributed by atoms with Gasteiger partial charge in [-0.05, 0) is 50.2 Å². The Bertz CT molecular complexity index is 1050. The molecule has 0 radical (unpaired) electrons. The van der Waals surface area contributed by atoms with Gasteiger partial charge < -0.3 is 15.4 Å². The number of carbonyl (C=O) groups is 1. The lowest BCUT2D eigenvalue weighted by Gasteiger charge is -2.20. The maximum atomic E-state index is 14.3. The molecule has 2 rings (SSSR count). The highest BCUT2D eigenvalue weighted by atomic mass is 35.5. The van der Waals surface area contributed by atoms with Crippen molar-refractivity contribution in [2.45, 2.75) is 20.0 Å². The summed E-state index contributed by atoms with van der Waals surface area (Å²) < 4.78 is 58.6. The summed E-state index contributed by atoms with van der Waals surface area (Å²) in [6, 6.07) is 6.67. The molecule has 0 saturated carbocycles. The van der Waals surface area contributed by atoms with Crippen LogP contribution in [0.5, 0.6) is 5.75 Å². The van der Waals surface area contributed by atoms with Crippen LogP contribution in [0.25, 0.3) is 5.70 Å². The number of hydrazone groups is 1. The van der Waals surface area contributed by atoms with Gasteiger partial charge in [0.1, 0.15) is 17.3 Å². The topological polar surface area (TPSA) is 66.0 Å². The SMILES string of the molecule is C/C=N\N(C)/C(=C(\C)F)c1cc(NC(=O)Nc2ccc(Cl)c(C(F)(F)F)c2)ccc1OC. The zero-order valence-corrected chi connectivity index (χ0v) is 18.4. The highest BCUT2D eigenvalue weighted by Crippen LogP contribution is 2.36. The number of nitrogens with one attached hydrogen (secondary N) is 2.